The Balaban J connectivity index is 1.53. The SMILES string of the molecule is C[C@H](Nc1nccc(N2C(=O)OC[C@@H]2[C@H](C)F)n1)c1cn(-c2cc(F)c(Cl)cc2F)cn1. The second kappa shape index (κ2) is 8.65. The number of cyclic esters (lactones) is 1. The van der Waals surface area contributed by atoms with Gasteiger partial charge in [-0.05, 0) is 26.0 Å². The maximum Gasteiger partial charge on any atom is 0.416 e. The molecule has 4 rings (SSSR count). The van der Waals surface area contributed by atoms with Crippen molar-refractivity contribution in [3.63, 3.8) is 0 Å². The Bertz CT molecular complexity index is 1160. The third-order valence-corrected chi connectivity index (χ3v) is 5.27. The number of nitrogens with one attached hydrogen (secondary N) is 1. The van der Waals surface area contributed by atoms with E-state index in [-0.39, 0.29) is 29.1 Å². The average Bonchev–Trinajstić information content (AvgIpc) is 3.38. The van der Waals surface area contributed by atoms with E-state index in [1.807, 2.05) is 0 Å². The first-order valence-corrected chi connectivity index (χ1v) is 10.0. The van der Waals surface area contributed by atoms with Crippen LogP contribution in [0.5, 0.6) is 0 Å². The highest BCUT2D eigenvalue weighted by atomic mass is 35.5. The number of alkyl halides is 1. The van der Waals surface area contributed by atoms with Crippen molar-refractivity contribution in [2.75, 3.05) is 16.8 Å². The van der Waals surface area contributed by atoms with Crippen molar-refractivity contribution in [1.29, 1.82) is 0 Å². The van der Waals surface area contributed by atoms with Crippen LogP contribution in [-0.2, 0) is 4.74 Å². The van der Waals surface area contributed by atoms with Crippen LogP contribution in [0.2, 0.25) is 5.02 Å². The first kappa shape index (κ1) is 21.9. The number of hydrogen-bond donors (Lipinski definition) is 1. The molecular formula is C20H18ClF3N6O2. The number of carbonyl (C=O) groups is 1. The Morgan fingerprint density at radius 3 is 2.78 bits per heavy atom. The molecule has 3 aromatic rings. The van der Waals surface area contributed by atoms with Crippen molar-refractivity contribution in [2.24, 2.45) is 0 Å². The van der Waals surface area contributed by atoms with Gasteiger partial charge in [0.25, 0.3) is 0 Å². The fourth-order valence-electron chi connectivity index (χ4n) is 3.26. The van der Waals surface area contributed by atoms with Crippen LogP contribution in [0.3, 0.4) is 0 Å². The van der Waals surface area contributed by atoms with Gasteiger partial charge in [-0.25, -0.2) is 27.9 Å². The van der Waals surface area contributed by atoms with Gasteiger partial charge < -0.3 is 14.6 Å². The molecule has 1 saturated heterocycles. The molecule has 0 spiro atoms. The maximum absolute atomic E-state index is 14.2. The Morgan fingerprint density at radius 1 is 1.25 bits per heavy atom. The van der Waals surface area contributed by atoms with Crippen LogP contribution in [0.4, 0.5) is 29.7 Å². The number of benzene rings is 1. The molecule has 3 atom stereocenters. The zero-order valence-corrected chi connectivity index (χ0v) is 17.7. The molecule has 1 aliphatic heterocycles. The summed E-state index contributed by atoms with van der Waals surface area (Å²) < 4.78 is 48.1. The number of carbonyl (C=O) groups excluding carboxylic acids is 1. The van der Waals surface area contributed by atoms with Crippen molar-refractivity contribution in [3.8, 4) is 5.69 Å². The molecule has 168 valence electrons. The van der Waals surface area contributed by atoms with Gasteiger partial charge in [-0.3, -0.25) is 4.90 Å². The number of imidazole rings is 1. The summed E-state index contributed by atoms with van der Waals surface area (Å²) in [6.45, 7) is 3.03. The lowest BCUT2D eigenvalue weighted by molar-refractivity contribution is 0.174. The quantitative estimate of drug-likeness (QED) is 0.540. The lowest BCUT2D eigenvalue weighted by Gasteiger charge is -2.21. The number of halogens is 4. The molecule has 0 radical (unpaired) electrons. The molecule has 3 heterocycles. The normalized spacial score (nSPS) is 17.9. The fraction of sp³-hybridized carbons (Fsp3) is 0.300. The van der Waals surface area contributed by atoms with Gasteiger partial charge in [0.1, 0.15) is 36.3 Å². The first-order chi connectivity index (χ1) is 15.2. The number of hydrogen-bond acceptors (Lipinski definition) is 6. The number of ether oxygens (including phenoxy) is 1. The van der Waals surface area contributed by atoms with E-state index in [0.717, 1.165) is 17.0 Å². The van der Waals surface area contributed by atoms with E-state index in [0.29, 0.717) is 5.69 Å². The van der Waals surface area contributed by atoms with Crippen molar-refractivity contribution in [1.82, 2.24) is 19.5 Å². The van der Waals surface area contributed by atoms with Crippen molar-refractivity contribution in [3.05, 3.63) is 59.3 Å². The van der Waals surface area contributed by atoms with Crippen molar-refractivity contribution >= 4 is 29.5 Å². The van der Waals surface area contributed by atoms with Gasteiger partial charge in [0.15, 0.2) is 0 Å². The molecule has 0 saturated carbocycles. The van der Waals surface area contributed by atoms with Gasteiger partial charge >= 0.3 is 6.09 Å². The summed E-state index contributed by atoms with van der Waals surface area (Å²) in [4.78, 5) is 25.8. The number of anilines is 2. The minimum Gasteiger partial charge on any atom is -0.447 e. The van der Waals surface area contributed by atoms with E-state index in [1.54, 1.807) is 6.92 Å². The summed E-state index contributed by atoms with van der Waals surface area (Å²) >= 11 is 5.60. The van der Waals surface area contributed by atoms with Gasteiger partial charge in [-0.15, -0.1) is 0 Å². The summed E-state index contributed by atoms with van der Waals surface area (Å²) in [5, 5.41) is 2.71. The number of rotatable bonds is 6. The molecular weight excluding hydrogens is 449 g/mol. The molecule has 1 amide bonds. The monoisotopic (exact) mass is 466 g/mol. The lowest BCUT2D eigenvalue weighted by Crippen LogP contribution is -2.39. The second-order valence-electron chi connectivity index (χ2n) is 7.22. The molecule has 32 heavy (non-hydrogen) atoms. The standard InChI is InChI=1S/C20H18ClF3N6O2/c1-10(22)17-8-32-20(31)30(17)18-3-4-25-19(28-18)27-11(2)15-7-29(9-26-15)16-6-13(23)12(21)5-14(16)24/h3-7,9-11,17H,8H2,1-2H3,(H,25,27,28)/t10-,11-,17+/m0/s1. The summed E-state index contributed by atoms with van der Waals surface area (Å²) in [7, 11) is 0. The molecule has 8 nitrogen and oxygen atoms in total. The van der Waals surface area contributed by atoms with Crippen molar-refractivity contribution < 1.29 is 22.7 Å². The maximum atomic E-state index is 14.2. The van der Waals surface area contributed by atoms with Crippen molar-refractivity contribution in [2.45, 2.75) is 32.1 Å². The highest BCUT2D eigenvalue weighted by Crippen LogP contribution is 2.26. The van der Waals surface area contributed by atoms with Gasteiger partial charge in [0.2, 0.25) is 5.95 Å². The largest absolute Gasteiger partial charge is 0.447 e. The molecule has 1 N–H and O–H groups in total. The Morgan fingerprint density at radius 2 is 2.03 bits per heavy atom. The van der Waals surface area contributed by atoms with Crippen LogP contribution < -0.4 is 10.2 Å². The molecule has 0 bridgehead atoms. The Labute approximate surface area is 186 Å². The zero-order valence-electron chi connectivity index (χ0n) is 17.0. The predicted molar refractivity (Wildman–Crippen MR) is 111 cm³/mol. The molecule has 1 aliphatic rings. The van der Waals surface area contributed by atoms with E-state index >= 15 is 0 Å². The number of nitrogens with zero attached hydrogens (tertiary/aromatic N) is 5. The lowest BCUT2D eigenvalue weighted by atomic mass is 10.2. The highest BCUT2D eigenvalue weighted by Gasteiger charge is 2.39. The van der Waals surface area contributed by atoms with Gasteiger partial charge in [0, 0.05) is 18.5 Å². The van der Waals surface area contributed by atoms with Gasteiger partial charge in [0.05, 0.1) is 28.8 Å². The third kappa shape index (κ3) is 4.20. The second-order valence-corrected chi connectivity index (χ2v) is 7.63. The highest BCUT2D eigenvalue weighted by molar-refractivity contribution is 6.30. The van der Waals surface area contributed by atoms with Gasteiger partial charge in [-0.2, -0.15) is 4.98 Å². The average molecular weight is 467 g/mol. The fourth-order valence-corrected chi connectivity index (χ4v) is 3.41. The van der Waals surface area contributed by atoms with Crippen LogP contribution in [0, 0.1) is 11.6 Å². The summed E-state index contributed by atoms with van der Waals surface area (Å²) in [5.74, 6) is -1.10. The molecule has 2 aromatic heterocycles. The van der Waals surface area contributed by atoms with E-state index in [4.69, 9.17) is 16.3 Å². The summed E-state index contributed by atoms with van der Waals surface area (Å²) in [6, 6.07) is 2.12. The van der Waals surface area contributed by atoms with Crippen LogP contribution >= 0.6 is 11.6 Å². The molecule has 0 unspecified atom stereocenters. The van der Waals surface area contributed by atoms with E-state index in [9.17, 15) is 18.0 Å². The molecule has 0 aliphatic carbocycles. The van der Waals surface area contributed by atoms with Crippen LogP contribution in [0.25, 0.3) is 5.69 Å². The molecule has 1 aromatic carbocycles. The number of amides is 1. The van der Waals surface area contributed by atoms with Crippen LogP contribution in [-0.4, -0.2) is 44.4 Å². The van der Waals surface area contributed by atoms with E-state index in [1.165, 1.54) is 36.3 Å². The summed E-state index contributed by atoms with van der Waals surface area (Å²) in [5.41, 5.74) is 0.444. The zero-order chi connectivity index (χ0) is 23.0. The Hall–Kier alpha value is -3.34. The first-order valence-electron chi connectivity index (χ1n) is 9.63. The smallest absolute Gasteiger partial charge is 0.416 e. The Kier molecular flexibility index (Phi) is 5.92. The predicted octanol–water partition coefficient (Wildman–Crippen LogP) is 4.45. The minimum absolute atomic E-state index is 0.0463. The third-order valence-electron chi connectivity index (χ3n) is 4.98. The molecule has 1 fully saturated rings. The van der Waals surface area contributed by atoms with Crippen LogP contribution in [0.1, 0.15) is 25.6 Å². The molecule has 12 heteroatoms. The number of aromatic nitrogens is 4. The van der Waals surface area contributed by atoms with E-state index < -0.39 is 36.0 Å². The minimum atomic E-state index is -1.31. The summed E-state index contributed by atoms with van der Waals surface area (Å²) in [6.07, 6.45) is 2.28. The van der Waals surface area contributed by atoms with E-state index in [2.05, 4.69) is 20.3 Å². The van der Waals surface area contributed by atoms with Gasteiger partial charge in [-0.1, -0.05) is 11.6 Å². The van der Waals surface area contributed by atoms with Crippen LogP contribution in [0.15, 0.2) is 36.9 Å². The topological polar surface area (TPSA) is 85.2 Å².